The van der Waals surface area contributed by atoms with Crippen molar-refractivity contribution in [2.24, 2.45) is 10.2 Å². The molecule has 0 aliphatic carbocycles. The smallest absolute Gasteiger partial charge is 0.146 e. The van der Waals surface area contributed by atoms with Crippen LogP contribution in [0.15, 0.2) is 46.6 Å². The number of nitrogen functional groups attached to an aromatic ring is 1. The molecular weight excluding hydrogens is 262 g/mol. The molecule has 0 saturated carbocycles. The molecule has 0 aliphatic rings. The summed E-state index contributed by atoms with van der Waals surface area (Å²) in [5.41, 5.74) is 9.18. The molecule has 0 saturated heterocycles. The zero-order valence-corrected chi connectivity index (χ0v) is 12.9. The summed E-state index contributed by atoms with van der Waals surface area (Å²) in [5.74, 6) is 0.173. The van der Waals surface area contributed by atoms with E-state index in [0.717, 1.165) is 11.1 Å². The number of benzene rings is 2. The SMILES string of the molecule is Cc1cc(N=Nc2ccccc2N)c(O)c(C(C)(C)C)c1. The molecule has 0 heterocycles. The summed E-state index contributed by atoms with van der Waals surface area (Å²) in [4.78, 5) is 0. The third-order valence-corrected chi connectivity index (χ3v) is 3.24. The number of phenols is 1. The van der Waals surface area contributed by atoms with Crippen LogP contribution in [0.3, 0.4) is 0 Å². The third-order valence-electron chi connectivity index (χ3n) is 3.24. The van der Waals surface area contributed by atoms with Gasteiger partial charge in [-0.05, 0) is 36.1 Å². The molecule has 2 rings (SSSR count). The summed E-state index contributed by atoms with van der Waals surface area (Å²) in [7, 11) is 0. The van der Waals surface area contributed by atoms with Gasteiger partial charge in [-0.25, -0.2) is 0 Å². The van der Waals surface area contributed by atoms with E-state index in [-0.39, 0.29) is 11.2 Å². The highest BCUT2D eigenvalue weighted by Gasteiger charge is 2.20. The molecule has 4 nitrogen and oxygen atoms in total. The number of anilines is 1. The van der Waals surface area contributed by atoms with E-state index in [9.17, 15) is 5.11 Å². The Morgan fingerprint density at radius 2 is 1.62 bits per heavy atom. The van der Waals surface area contributed by atoms with Gasteiger partial charge in [-0.15, -0.1) is 10.2 Å². The van der Waals surface area contributed by atoms with Gasteiger partial charge in [-0.1, -0.05) is 39.0 Å². The maximum Gasteiger partial charge on any atom is 0.146 e. The fourth-order valence-electron chi connectivity index (χ4n) is 2.09. The first-order valence-electron chi connectivity index (χ1n) is 6.89. The fourth-order valence-corrected chi connectivity index (χ4v) is 2.09. The second-order valence-electron chi connectivity index (χ2n) is 6.19. The molecule has 0 aliphatic heterocycles. The first-order chi connectivity index (χ1) is 9.79. The van der Waals surface area contributed by atoms with Crippen molar-refractivity contribution in [2.45, 2.75) is 33.1 Å². The average Bonchev–Trinajstić information content (AvgIpc) is 2.39. The largest absolute Gasteiger partial charge is 0.505 e. The van der Waals surface area contributed by atoms with E-state index in [4.69, 9.17) is 5.73 Å². The minimum Gasteiger partial charge on any atom is -0.505 e. The minimum atomic E-state index is -0.161. The van der Waals surface area contributed by atoms with E-state index in [1.807, 2.05) is 31.2 Å². The van der Waals surface area contributed by atoms with Gasteiger partial charge in [0.05, 0.1) is 5.69 Å². The molecule has 0 aromatic heterocycles. The third kappa shape index (κ3) is 3.40. The molecule has 0 unspecified atom stereocenters. The van der Waals surface area contributed by atoms with Crippen molar-refractivity contribution in [2.75, 3.05) is 5.73 Å². The first kappa shape index (κ1) is 15.0. The standard InChI is InChI=1S/C17H21N3O/c1-11-9-12(17(2,3)4)16(21)15(10-11)20-19-14-8-6-5-7-13(14)18/h5-10,21H,18H2,1-4H3. The van der Waals surface area contributed by atoms with E-state index in [1.54, 1.807) is 12.1 Å². The lowest BCUT2D eigenvalue weighted by molar-refractivity contribution is 0.447. The van der Waals surface area contributed by atoms with Crippen LogP contribution < -0.4 is 5.73 Å². The molecule has 0 bridgehead atoms. The van der Waals surface area contributed by atoms with Crippen molar-refractivity contribution in [3.63, 3.8) is 0 Å². The molecule has 3 N–H and O–H groups in total. The predicted octanol–water partition coefficient (Wildman–Crippen LogP) is 5.00. The highest BCUT2D eigenvalue weighted by atomic mass is 16.3. The van der Waals surface area contributed by atoms with Crippen molar-refractivity contribution in [1.82, 2.24) is 0 Å². The maximum atomic E-state index is 10.4. The number of rotatable bonds is 2. The predicted molar refractivity (Wildman–Crippen MR) is 86.6 cm³/mol. The van der Waals surface area contributed by atoms with Crippen LogP contribution in [-0.4, -0.2) is 5.11 Å². The molecule has 4 heteroatoms. The summed E-state index contributed by atoms with van der Waals surface area (Å²) in [6.07, 6.45) is 0. The number of azo groups is 1. The molecular formula is C17H21N3O. The highest BCUT2D eigenvalue weighted by molar-refractivity contribution is 5.63. The molecule has 2 aromatic carbocycles. The molecule has 2 aromatic rings. The van der Waals surface area contributed by atoms with Gasteiger partial charge >= 0.3 is 0 Å². The number of phenolic OH excluding ortho intramolecular Hbond substituents is 1. The lowest BCUT2D eigenvalue weighted by Gasteiger charge is -2.21. The van der Waals surface area contributed by atoms with Crippen LogP contribution in [-0.2, 0) is 5.41 Å². The quantitative estimate of drug-likeness (QED) is 0.601. The van der Waals surface area contributed by atoms with Crippen LogP contribution in [0.1, 0.15) is 31.9 Å². The van der Waals surface area contributed by atoms with Crippen LogP contribution in [0.5, 0.6) is 5.75 Å². The van der Waals surface area contributed by atoms with Crippen molar-refractivity contribution < 1.29 is 5.11 Å². The van der Waals surface area contributed by atoms with E-state index >= 15 is 0 Å². The number of nitrogens with two attached hydrogens (primary N) is 1. The second-order valence-corrected chi connectivity index (χ2v) is 6.19. The lowest BCUT2D eigenvalue weighted by Crippen LogP contribution is -2.11. The Bertz CT molecular complexity index is 685. The van der Waals surface area contributed by atoms with Crippen molar-refractivity contribution >= 4 is 17.1 Å². The molecule has 21 heavy (non-hydrogen) atoms. The molecule has 110 valence electrons. The van der Waals surface area contributed by atoms with Gasteiger partial charge < -0.3 is 10.8 Å². The van der Waals surface area contributed by atoms with Gasteiger partial charge in [0.15, 0.2) is 0 Å². The van der Waals surface area contributed by atoms with Gasteiger partial charge in [-0.3, -0.25) is 0 Å². The first-order valence-corrected chi connectivity index (χ1v) is 6.89. The van der Waals surface area contributed by atoms with Gasteiger partial charge in [0.25, 0.3) is 0 Å². The van der Waals surface area contributed by atoms with Crippen LogP contribution in [0.2, 0.25) is 0 Å². The minimum absolute atomic E-state index is 0.161. The Hall–Kier alpha value is -2.36. The second kappa shape index (κ2) is 5.56. The molecule has 0 spiro atoms. The Morgan fingerprint density at radius 1 is 1.00 bits per heavy atom. The van der Waals surface area contributed by atoms with Gasteiger partial charge in [0.2, 0.25) is 0 Å². The van der Waals surface area contributed by atoms with E-state index < -0.39 is 0 Å². The van der Waals surface area contributed by atoms with Gasteiger partial charge in [0, 0.05) is 5.56 Å². The number of hydrogen-bond acceptors (Lipinski definition) is 4. The summed E-state index contributed by atoms with van der Waals surface area (Å²) in [6, 6.07) is 11.0. The number of aryl methyl sites for hydroxylation is 1. The zero-order chi connectivity index (χ0) is 15.6. The Labute approximate surface area is 125 Å². The van der Waals surface area contributed by atoms with E-state index in [1.165, 1.54) is 0 Å². The summed E-state index contributed by atoms with van der Waals surface area (Å²) < 4.78 is 0. The Balaban J connectivity index is 2.46. The average molecular weight is 283 g/mol. The summed E-state index contributed by atoms with van der Waals surface area (Å²) in [5, 5.41) is 18.7. The topological polar surface area (TPSA) is 71.0 Å². The monoisotopic (exact) mass is 283 g/mol. The molecule has 0 fully saturated rings. The van der Waals surface area contributed by atoms with Crippen LogP contribution in [0.25, 0.3) is 0 Å². The number of para-hydroxylation sites is 1. The Morgan fingerprint density at radius 3 is 2.24 bits per heavy atom. The highest BCUT2D eigenvalue weighted by Crippen LogP contribution is 2.39. The summed E-state index contributed by atoms with van der Waals surface area (Å²) >= 11 is 0. The number of nitrogens with zero attached hydrogens (tertiary/aromatic N) is 2. The van der Waals surface area contributed by atoms with Crippen LogP contribution in [0, 0.1) is 6.92 Å². The van der Waals surface area contributed by atoms with Crippen molar-refractivity contribution in [3.05, 3.63) is 47.5 Å². The molecule has 0 atom stereocenters. The van der Waals surface area contributed by atoms with Crippen LogP contribution >= 0.6 is 0 Å². The lowest BCUT2D eigenvalue weighted by atomic mass is 9.85. The van der Waals surface area contributed by atoms with Crippen LogP contribution in [0.4, 0.5) is 17.1 Å². The molecule has 0 radical (unpaired) electrons. The van der Waals surface area contributed by atoms with Gasteiger partial charge in [-0.2, -0.15) is 0 Å². The van der Waals surface area contributed by atoms with E-state index in [0.29, 0.717) is 17.1 Å². The Kier molecular flexibility index (Phi) is 3.98. The number of hydrogen-bond donors (Lipinski definition) is 2. The number of aromatic hydroxyl groups is 1. The summed E-state index contributed by atoms with van der Waals surface area (Å²) in [6.45, 7) is 8.14. The van der Waals surface area contributed by atoms with Crippen molar-refractivity contribution in [3.8, 4) is 5.75 Å². The fraction of sp³-hybridized carbons (Fsp3) is 0.294. The maximum absolute atomic E-state index is 10.4. The van der Waals surface area contributed by atoms with Crippen molar-refractivity contribution in [1.29, 1.82) is 0 Å². The van der Waals surface area contributed by atoms with E-state index in [2.05, 4.69) is 31.0 Å². The van der Waals surface area contributed by atoms with Gasteiger partial charge in [0.1, 0.15) is 17.1 Å². The zero-order valence-electron chi connectivity index (χ0n) is 12.9. The molecule has 0 amide bonds. The normalized spacial score (nSPS) is 12.0.